The van der Waals surface area contributed by atoms with Crippen LogP contribution in [-0.2, 0) is 11.8 Å². The van der Waals surface area contributed by atoms with Crippen molar-refractivity contribution in [3.05, 3.63) is 60.9 Å². The Bertz CT molecular complexity index is 1440. The molecule has 0 radical (unpaired) electrons. The van der Waals surface area contributed by atoms with Crippen molar-refractivity contribution < 1.29 is 19.0 Å². The third-order valence-corrected chi connectivity index (χ3v) is 6.12. The first-order valence-corrected chi connectivity index (χ1v) is 12.6. The van der Waals surface area contributed by atoms with Gasteiger partial charge in [0.15, 0.2) is 5.82 Å². The zero-order chi connectivity index (χ0) is 28.5. The van der Waals surface area contributed by atoms with Gasteiger partial charge in [0.1, 0.15) is 24.0 Å². The third-order valence-electron chi connectivity index (χ3n) is 6.12. The topological polar surface area (TPSA) is 107 Å². The highest BCUT2D eigenvalue weighted by Gasteiger charge is 2.22. The second-order valence-corrected chi connectivity index (χ2v) is 8.56. The first kappa shape index (κ1) is 29.4. The van der Waals surface area contributed by atoms with Crippen LogP contribution in [0.5, 0.6) is 5.75 Å². The van der Waals surface area contributed by atoms with Gasteiger partial charge in [0.2, 0.25) is 0 Å². The van der Waals surface area contributed by atoms with Crippen molar-refractivity contribution in [2.24, 2.45) is 18.0 Å². The van der Waals surface area contributed by atoms with Gasteiger partial charge in [-0.25, -0.2) is 14.4 Å². The number of anilines is 2. The van der Waals surface area contributed by atoms with E-state index in [4.69, 9.17) is 9.47 Å². The number of aryl methyl sites for hydroxylation is 1. The average Bonchev–Trinajstić information content (AvgIpc) is 3.39. The first-order chi connectivity index (χ1) is 18.9. The van der Waals surface area contributed by atoms with Gasteiger partial charge in [-0.1, -0.05) is 26.5 Å². The Morgan fingerprint density at radius 3 is 2.62 bits per heavy atom. The molecule has 0 fully saturated rings. The molecule has 4 rings (SSSR count). The lowest BCUT2D eigenvalue weighted by Crippen LogP contribution is -2.30. The molecule has 4 aromatic rings. The fraction of sp³-hybridized carbons (Fsp3) is 0.310. The lowest BCUT2D eigenvalue weighted by molar-refractivity contribution is 0.0390. The molecule has 0 spiro atoms. The number of hydrogen-bond acceptors (Lipinski definition) is 8. The highest BCUT2D eigenvalue weighted by molar-refractivity contribution is 5.98. The summed E-state index contributed by atoms with van der Waals surface area (Å²) in [6.07, 6.45) is 6.02. The molecule has 39 heavy (non-hydrogen) atoms. The van der Waals surface area contributed by atoms with Crippen molar-refractivity contribution in [1.29, 1.82) is 0 Å². The van der Waals surface area contributed by atoms with Crippen LogP contribution in [0.25, 0.3) is 28.1 Å². The fourth-order valence-electron chi connectivity index (χ4n) is 4.06. The lowest BCUT2D eigenvalue weighted by atomic mass is 10.0. The molecule has 0 bridgehead atoms. The molecule has 2 atom stereocenters. The van der Waals surface area contributed by atoms with Gasteiger partial charge in [0.05, 0.1) is 41.7 Å². The summed E-state index contributed by atoms with van der Waals surface area (Å²) in [4.78, 5) is 12.7. The van der Waals surface area contributed by atoms with Crippen molar-refractivity contribution >= 4 is 40.9 Å². The SMILES string of the molecule is C=Cc1c(N=C)ccc(Nc2ncnc3cc(-c4cnn(C)c4)cc(OC(C)C(CO)COC)c23)c1F.CC. The monoisotopic (exact) mass is 534 g/mol. The van der Waals surface area contributed by atoms with Crippen LogP contribution in [0.2, 0.25) is 0 Å². The van der Waals surface area contributed by atoms with Crippen molar-refractivity contribution in [3.63, 3.8) is 0 Å². The molecule has 2 aromatic carbocycles. The van der Waals surface area contributed by atoms with Gasteiger partial charge < -0.3 is 19.9 Å². The molecule has 2 aromatic heterocycles. The minimum absolute atomic E-state index is 0.115. The first-order valence-electron chi connectivity index (χ1n) is 12.6. The average molecular weight is 535 g/mol. The number of nitrogens with one attached hydrogen (secondary N) is 1. The van der Waals surface area contributed by atoms with E-state index in [2.05, 4.69) is 38.7 Å². The summed E-state index contributed by atoms with van der Waals surface area (Å²) in [5, 5.41) is 17.8. The van der Waals surface area contributed by atoms with E-state index < -0.39 is 11.9 Å². The predicted octanol–water partition coefficient (Wildman–Crippen LogP) is 5.94. The van der Waals surface area contributed by atoms with E-state index in [-0.39, 0.29) is 23.8 Å². The molecule has 2 heterocycles. The van der Waals surface area contributed by atoms with Crippen molar-refractivity contribution in [3.8, 4) is 16.9 Å². The number of benzene rings is 2. The van der Waals surface area contributed by atoms with Crippen LogP contribution in [0.1, 0.15) is 26.3 Å². The summed E-state index contributed by atoms with van der Waals surface area (Å²) < 4.78 is 28.6. The Morgan fingerprint density at radius 2 is 2.00 bits per heavy atom. The summed E-state index contributed by atoms with van der Waals surface area (Å²) in [5.41, 5.74) is 3.10. The molecule has 0 saturated heterocycles. The Labute approximate surface area is 228 Å². The van der Waals surface area contributed by atoms with Crippen LogP contribution < -0.4 is 10.1 Å². The Kier molecular flexibility index (Phi) is 10.2. The number of halogens is 1. The van der Waals surface area contributed by atoms with Crippen LogP contribution in [0, 0.1) is 11.7 Å². The summed E-state index contributed by atoms with van der Waals surface area (Å²) in [6, 6.07) is 6.97. The maximum absolute atomic E-state index is 15.3. The number of nitrogens with zero attached hydrogens (tertiary/aromatic N) is 5. The molecule has 0 aliphatic heterocycles. The van der Waals surface area contributed by atoms with Gasteiger partial charge >= 0.3 is 0 Å². The number of aliphatic hydroxyl groups excluding tert-OH is 1. The molecule has 2 N–H and O–H groups in total. The van der Waals surface area contributed by atoms with E-state index >= 15 is 4.39 Å². The second-order valence-electron chi connectivity index (χ2n) is 8.56. The van der Waals surface area contributed by atoms with Crippen LogP contribution >= 0.6 is 0 Å². The molecule has 0 aliphatic rings. The van der Waals surface area contributed by atoms with E-state index in [1.165, 1.54) is 12.4 Å². The molecule has 0 saturated carbocycles. The lowest BCUT2D eigenvalue weighted by Gasteiger charge is -2.24. The molecule has 0 aliphatic carbocycles. The maximum Gasteiger partial charge on any atom is 0.156 e. The number of methoxy groups -OCH3 is 1. The smallest absolute Gasteiger partial charge is 0.156 e. The minimum Gasteiger partial charge on any atom is -0.489 e. The number of aliphatic imine (C=N–C) groups is 1. The van der Waals surface area contributed by atoms with Gasteiger partial charge in [-0.15, -0.1) is 0 Å². The number of aliphatic hydroxyl groups is 1. The van der Waals surface area contributed by atoms with Gasteiger partial charge in [-0.05, 0) is 43.5 Å². The van der Waals surface area contributed by atoms with Crippen molar-refractivity contribution in [2.75, 3.05) is 25.6 Å². The van der Waals surface area contributed by atoms with E-state index in [0.29, 0.717) is 34.8 Å². The maximum atomic E-state index is 15.3. The van der Waals surface area contributed by atoms with E-state index in [1.54, 1.807) is 30.1 Å². The number of rotatable bonds is 11. The Morgan fingerprint density at radius 1 is 1.23 bits per heavy atom. The zero-order valence-corrected chi connectivity index (χ0v) is 23.0. The Hall–Kier alpha value is -4.15. The summed E-state index contributed by atoms with van der Waals surface area (Å²) in [5.74, 6) is 0.0188. The number of ether oxygens (including phenoxy) is 2. The fourth-order valence-corrected chi connectivity index (χ4v) is 4.06. The second kappa shape index (κ2) is 13.6. The van der Waals surface area contributed by atoms with Gasteiger partial charge in [-0.2, -0.15) is 5.10 Å². The van der Waals surface area contributed by atoms with Crippen LogP contribution in [0.4, 0.5) is 21.6 Å². The zero-order valence-electron chi connectivity index (χ0n) is 23.0. The molecule has 2 unspecified atom stereocenters. The van der Waals surface area contributed by atoms with Crippen molar-refractivity contribution in [2.45, 2.75) is 26.9 Å². The quantitative estimate of drug-likeness (QED) is 0.230. The minimum atomic E-state index is -0.532. The normalized spacial score (nSPS) is 12.3. The molecule has 10 heteroatoms. The van der Waals surface area contributed by atoms with Crippen molar-refractivity contribution in [1.82, 2.24) is 19.7 Å². The summed E-state index contributed by atoms with van der Waals surface area (Å²) in [6.45, 7) is 13.2. The summed E-state index contributed by atoms with van der Waals surface area (Å²) >= 11 is 0. The molecule has 0 amide bonds. The van der Waals surface area contributed by atoms with Gasteiger partial charge in [-0.3, -0.25) is 9.67 Å². The summed E-state index contributed by atoms with van der Waals surface area (Å²) in [7, 11) is 3.41. The standard InChI is InChI=1S/C27H29FN6O3.C2H6/c1-6-20-21(29-3)7-8-22(26(20)28)33-27-25-23(30-15-31-27)9-17(18-11-32-34(4)12-18)10-24(25)37-16(2)19(13-35)14-36-5;1-2/h6-12,15-16,19,35H,1,3,13-14H2,2,4-5H3,(H,30,31,33);1-2H3. The van der Waals surface area contributed by atoms with Gasteiger partial charge in [0.25, 0.3) is 0 Å². The molecular formula is C29H35FN6O3. The Balaban J connectivity index is 0.00000205. The highest BCUT2D eigenvalue weighted by Crippen LogP contribution is 2.38. The number of hydrogen-bond donors (Lipinski definition) is 2. The van der Waals surface area contributed by atoms with E-state index in [1.807, 2.05) is 46.1 Å². The highest BCUT2D eigenvalue weighted by atomic mass is 19.1. The van der Waals surface area contributed by atoms with Crippen LogP contribution in [0.3, 0.4) is 0 Å². The predicted molar refractivity (Wildman–Crippen MR) is 155 cm³/mol. The van der Waals surface area contributed by atoms with E-state index in [0.717, 1.165) is 11.1 Å². The molecule has 9 nitrogen and oxygen atoms in total. The van der Waals surface area contributed by atoms with E-state index in [9.17, 15) is 5.11 Å². The largest absolute Gasteiger partial charge is 0.489 e. The molecule has 206 valence electrons. The van der Waals surface area contributed by atoms with Crippen LogP contribution in [0.15, 0.2) is 54.6 Å². The third kappa shape index (κ3) is 6.47. The van der Waals surface area contributed by atoms with Gasteiger partial charge in [0, 0.05) is 37.4 Å². The molecular weight excluding hydrogens is 499 g/mol. The van der Waals surface area contributed by atoms with Crippen LogP contribution in [-0.4, -0.2) is 58.0 Å². The number of aromatic nitrogens is 4. The number of fused-ring (bicyclic) bond motifs is 1.